The van der Waals surface area contributed by atoms with Crippen molar-refractivity contribution in [2.24, 2.45) is 44.3 Å². The first-order valence-corrected chi connectivity index (χ1v) is 21.6. The zero-order valence-electron chi connectivity index (χ0n) is 35.5. The van der Waals surface area contributed by atoms with E-state index in [0.29, 0.717) is 56.1 Å². The van der Waals surface area contributed by atoms with Gasteiger partial charge in [0.05, 0.1) is 29.2 Å². The molecule has 10 atom stereocenters. The molecule has 2 aromatic rings. The Bertz CT molecular complexity index is 2310. The van der Waals surface area contributed by atoms with Crippen molar-refractivity contribution in [3.8, 4) is 5.75 Å². The van der Waals surface area contributed by atoms with Crippen molar-refractivity contribution in [3.05, 3.63) is 89.0 Å². The summed E-state index contributed by atoms with van der Waals surface area (Å²) in [6.45, 7) is 9.22. The average Bonchev–Trinajstić information content (AvgIpc) is 3.64. The third-order valence-electron chi connectivity index (χ3n) is 18.1. The Hall–Kier alpha value is -4.17. The van der Waals surface area contributed by atoms with Gasteiger partial charge >= 0.3 is 18.5 Å². The number of allylic oxidation sites excluding steroid dienone is 4. The van der Waals surface area contributed by atoms with Gasteiger partial charge in [0.2, 0.25) is 0 Å². The molecule has 2 aromatic carbocycles. The number of aliphatic hydroxyl groups excluding tert-OH is 1. The second kappa shape index (κ2) is 13.2. The number of hydrogen-bond acceptors (Lipinski definition) is 7. The van der Waals surface area contributed by atoms with Gasteiger partial charge < -0.3 is 24.6 Å². The lowest BCUT2D eigenvalue weighted by atomic mass is 9.32. The maximum Gasteiger partial charge on any atom is 0.573 e. The summed E-state index contributed by atoms with van der Waals surface area (Å²) in [7, 11) is 0. The van der Waals surface area contributed by atoms with Gasteiger partial charge in [-0.3, -0.25) is 14.4 Å². The molecule has 1 amide bonds. The summed E-state index contributed by atoms with van der Waals surface area (Å²) in [6.07, 6.45) is -0.326. The first-order valence-electron chi connectivity index (χ1n) is 21.6. The molecule has 334 valence electrons. The van der Waals surface area contributed by atoms with Crippen LogP contribution in [0.25, 0.3) is 0 Å². The molecule has 1 heterocycles. The zero-order valence-corrected chi connectivity index (χ0v) is 35.5. The molecule has 10 unspecified atom stereocenters. The van der Waals surface area contributed by atoms with Gasteiger partial charge in [-0.05, 0) is 112 Å². The summed E-state index contributed by atoms with van der Waals surface area (Å²) >= 11 is 0. The minimum absolute atomic E-state index is 0.102. The van der Waals surface area contributed by atoms with E-state index < -0.39 is 97.2 Å². The molecule has 1 saturated heterocycles. The number of alkyl halides is 6. The Kier molecular flexibility index (Phi) is 9.18. The van der Waals surface area contributed by atoms with Gasteiger partial charge in [-0.1, -0.05) is 70.2 Å². The van der Waals surface area contributed by atoms with Gasteiger partial charge in [0.15, 0.2) is 11.4 Å². The molecular weight excluding hydrogens is 817 g/mol. The van der Waals surface area contributed by atoms with Gasteiger partial charge in [0, 0.05) is 39.3 Å². The van der Waals surface area contributed by atoms with Crippen LogP contribution in [0.15, 0.2) is 72.3 Å². The van der Waals surface area contributed by atoms with E-state index >= 15 is 4.79 Å². The number of benzene rings is 2. The van der Waals surface area contributed by atoms with E-state index in [1.165, 1.54) is 29.2 Å². The highest BCUT2D eigenvalue weighted by Crippen LogP contribution is 2.78. The summed E-state index contributed by atoms with van der Waals surface area (Å²) < 4.78 is 91.4. The molecule has 14 heteroatoms. The maximum atomic E-state index is 15.3. The summed E-state index contributed by atoms with van der Waals surface area (Å²) in [4.78, 5) is 45.1. The topological polar surface area (TPSA) is 113 Å². The van der Waals surface area contributed by atoms with Crippen LogP contribution < -0.4 is 4.74 Å². The first kappa shape index (κ1) is 43.1. The number of ketones is 1. The van der Waals surface area contributed by atoms with Crippen molar-refractivity contribution in [3.63, 3.8) is 0 Å². The molecule has 62 heavy (non-hydrogen) atoms. The molecular formula is C48H53F6NO7. The number of halogens is 6. The van der Waals surface area contributed by atoms with Crippen LogP contribution in [-0.4, -0.2) is 63.0 Å². The maximum absolute atomic E-state index is 15.3. The fourth-order valence-electron chi connectivity index (χ4n) is 14.1. The van der Waals surface area contributed by atoms with Crippen LogP contribution in [0.5, 0.6) is 5.75 Å². The fourth-order valence-corrected chi connectivity index (χ4v) is 14.1. The SMILES string of the molecule is CC12CCC(C(=O)N(Cc3ccc(OC(F)(F)F)cc3)CC3(O)CCC4C56C=CC7(C=C5C(=O)c5cccc(C(F)(F)F)c5)CC(O)CCC7(C)C6CCC43C)(OC1=O)C2(C)C. The van der Waals surface area contributed by atoms with Crippen molar-refractivity contribution < 1.29 is 60.4 Å². The van der Waals surface area contributed by atoms with E-state index in [2.05, 4.69) is 23.8 Å². The average molecular weight is 870 g/mol. The third-order valence-corrected chi connectivity index (χ3v) is 18.1. The Morgan fingerprint density at radius 2 is 1.52 bits per heavy atom. The van der Waals surface area contributed by atoms with Crippen LogP contribution in [0.1, 0.15) is 114 Å². The van der Waals surface area contributed by atoms with Gasteiger partial charge in [-0.25, -0.2) is 0 Å². The Balaban J connectivity index is 1.12. The predicted octanol–water partition coefficient (Wildman–Crippen LogP) is 9.53. The van der Waals surface area contributed by atoms with Crippen LogP contribution in [0.2, 0.25) is 0 Å². The van der Waals surface area contributed by atoms with E-state index in [4.69, 9.17) is 4.74 Å². The number of fused-ring (bicyclic) bond motifs is 3. The van der Waals surface area contributed by atoms with E-state index in [0.717, 1.165) is 24.3 Å². The second-order valence-electron chi connectivity index (χ2n) is 20.7. The van der Waals surface area contributed by atoms with Gasteiger partial charge in [0.1, 0.15) is 5.75 Å². The Morgan fingerprint density at radius 3 is 2.15 bits per heavy atom. The van der Waals surface area contributed by atoms with Crippen molar-refractivity contribution >= 4 is 17.7 Å². The summed E-state index contributed by atoms with van der Waals surface area (Å²) in [5.41, 5.74) is -8.45. The number of hydrogen-bond donors (Lipinski definition) is 2. The normalized spacial score (nSPS) is 40.0. The Morgan fingerprint density at radius 1 is 0.855 bits per heavy atom. The van der Waals surface area contributed by atoms with E-state index in [-0.39, 0.29) is 37.4 Å². The third kappa shape index (κ3) is 5.62. The number of ether oxygens (including phenoxy) is 2. The molecule has 1 aliphatic heterocycles. The molecule has 8 nitrogen and oxygen atoms in total. The first-order chi connectivity index (χ1) is 28.7. The minimum Gasteiger partial charge on any atom is -0.448 e. The number of aliphatic hydroxyl groups is 2. The molecule has 4 bridgehead atoms. The quantitative estimate of drug-likeness (QED) is 0.118. The molecule has 2 spiro atoms. The number of carbonyl (C=O) groups is 3. The summed E-state index contributed by atoms with van der Waals surface area (Å²) in [5.74, 6) is -2.57. The highest BCUT2D eigenvalue weighted by molar-refractivity contribution is 6.10. The van der Waals surface area contributed by atoms with E-state index in [1.54, 1.807) is 6.92 Å². The second-order valence-corrected chi connectivity index (χ2v) is 20.7. The molecule has 10 rings (SSSR count). The summed E-state index contributed by atoms with van der Waals surface area (Å²) in [5, 5.41) is 24.4. The Labute approximate surface area is 356 Å². The van der Waals surface area contributed by atoms with Gasteiger partial charge in [-0.2, -0.15) is 13.2 Å². The molecule has 7 aliphatic carbocycles. The lowest BCUT2D eigenvalue weighted by molar-refractivity contribution is -0.274. The van der Waals surface area contributed by atoms with Crippen molar-refractivity contribution in [1.29, 1.82) is 0 Å². The molecule has 0 aromatic heterocycles. The van der Waals surface area contributed by atoms with Gasteiger partial charge in [-0.15, -0.1) is 13.2 Å². The van der Waals surface area contributed by atoms with Crippen LogP contribution >= 0.6 is 0 Å². The monoisotopic (exact) mass is 869 g/mol. The lowest BCUT2D eigenvalue weighted by Gasteiger charge is -2.71. The lowest BCUT2D eigenvalue weighted by Crippen LogP contribution is -2.67. The largest absolute Gasteiger partial charge is 0.573 e. The van der Waals surface area contributed by atoms with Crippen LogP contribution in [0.4, 0.5) is 26.3 Å². The number of nitrogens with zero attached hydrogens (tertiary/aromatic N) is 1. The van der Waals surface area contributed by atoms with Gasteiger partial charge in [0.25, 0.3) is 5.91 Å². The predicted molar refractivity (Wildman–Crippen MR) is 213 cm³/mol. The van der Waals surface area contributed by atoms with Crippen molar-refractivity contribution in [2.45, 2.75) is 129 Å². The number of amides is 1. The smallest absolute Gasteiger partial charge is 0.448 e. The zero-order chi connectivity index (χ0) is 44.9. The van der Waals surface area contributed by atoms with Crippen LogP contribution in [0, 0.1) is 44.3 Å². The highest BCUT2D eigenvalue weighted by Gasteiger charge is 2.78. The number of rotatable bonds is 8. The minimum atomic E-state index is -4.91. The summed E-state index contributed by atoms with van der Waals surface area (Å²) in [6, 6.07) is 9.56. The molecule has 5 fully saturated rings. The fraction of sp³-hybridized carbons (Fsp3) is 0.604. The van der Waals surface area contributed by atoms with Crippen molar-refractivity contribution in [1.82, 2.24) is 4.90 Å². The van der Waals surface area contributed by atoms with E-state index in [1.807, 2.05) is 26.8 Å². The highest BCUT2D eigenvalue weighted by atomic mass is 19.4. The number of carbonyl (C=O) groups excluding carboxylic acids is 3. The standard InChI is InChI=1S/C48H53F6NO7/c1-39(2)42(5)19-22-46(39,62-38(42)59)37(58)55(26-28-9-11-32(12-10-28)61-48(52,53)54)27-44(60)18-15-35-41(44,4)17-14-34-40(3)16-13-31(56)24-43(40)20-21-45(34,35)33(25-43)36(57)29-7-6-8-30(23-29)47(49,50)51/h6-12,20-21,23,25,31,34-35,56,60H,13-19,22,24,26-27H2,1-5H3. The van der Waals surface area contributed by atoms with Crippen LogP contribution in [-0.2, 0) is 27.0 Å². The van der Waals surface area contributed by atoms with Crippen molar-refractivity contribution in [2.75, 3.05) is 6.54 Å². The number of esters is 1. The molecule has 0 radical (unpaired) electrons. The molecule has 4 saturated carbocycles. The van der Waals surface area contributed by atoms with E-state index in [9.17, 15) is 46.1 Å². The molecule has 2 N–H and O–H groups in total. The molecule has 8 aliphatic rings. The van der Waals surface area contributed by atoms with Crippen LogP contribution in [0.3, 0.4) is 0 Å². The number of Topliss-reactive ketones (excluding diaryl/α,β-unsaturated/α-hetero) is 1.